The molecule has 0 unspecified atom stereocenters. The largest absolute Gasteiger partial charge is 0.459 e. The first-order valence-corrected chi connectivity index (χ1v) is 3.58. The van der Waals surface area contributed by atoms with Crippen molar-refractivity contribution in [1.82, 2.24) is 10.3 Å². The van der Waals surface area contributed by atoms with Crippen LogP contribution >= 0.6 is 0 Å². The average Bonchev–Trinajstić information content (AvgIpc) is 2.06. The fourth-order valence-corrected chi connectivity index (χ4v) is 0.657. The summed E-state index contributed by atoms with van der Waals surface area (Å²) in [6.45, 7) is 1.93. The molecule has 0 fully saturated rings. The first-order valence-electron chi connectivity index (χ1n) is 3.58. The lowest BCUT2D eigenvalue weighted by Crippen LogP contribution is -2.27. The number of hydrogen-bond acceptors (Lipinski definition) is 3. The predicted octanol–water partition coefficient (Wildman–Crippen LogP) is 1.03. The van der Waals surface area contributed by atoms with Crippen LogP contribution in [0.1, 0.15) is 6.92 Å². The molecular weight excluding hydrogens is 140 g/mol. The van der Waals surface area contributed by atoms with Gasteiger partial charge in [-0.15, -0.1) is 0 Å². The molecule has 11 heavy (non-hydrogen) atoms. The molecule has 1 N–H and O–H groups in total. The van der Waals surface area contributed by atoms with E-state index < -0.39 is 0 Å². The smallest absolute Gasteiger partial charge is 0.214 e. The van der Waals surface area contributed by atoms with Gasteiger partial charge in [0.25, 0.3) is 0 Å². The van der Waals surface area contributed by atoms with E-state index in [9.17, 15) is 0 Å². The minimum atomic E-state index is 0.00454. The normalized spacial score (nSPS) is 12.5. The van der Waals surface area contributed by atoms with Gasteiger partial charge in [0.2, 0.25) is 5.88 Å². The molecule has 1 aromatic heterocycles. The third-order valence-corrected chi connectivity index (χ3v) is 1.34. The maximum absolute atomic E-state index is 5.34. The zero-order chi connectivity index (χ0) is 8.10. The predicted molar refractivity (Wildman–Crippen MR) is 43.4 cm³/mol. The number of aromatic nitrogens is 1. The van der Waals surface area contributed by atoms with Crippen LogP contribution in [0.5, 0.6) is 5.88 Å². The molecule has 3 heteroatoms. The van der Waals surface area contributed by atoms with Crippen LogP contribution in [-0.2, 0) is 0 Å². The summed E-state index contributed by atoms with van der Waals surface area (Å²) < 4.78 is 5.34. The first-order chi connectivity index (χ1) is 5.33. The lowest BCUT2D eigenvalue weighted by molar-refractivity contribution is 0.186. The minimum Gasteiger partial charge on any atom is -0.459 e. The molecule has 0 spiro atoms. The second-order valence-corrected chi connectivity index (χ2v) is 2.22. The number of pyridine rings is 1. The molecule has 1 atom stereocenters. The summed E-state index contributed by atoms with van der Waals surface area (Å²) in [6, 6.07) is 5.58. The molecule has 0 saturated carbocycles. The van der Waals surface area contributed by atoms with Gasteiger partial charge in [0.15, 0.2) is 0 Å². The highest BCUT2D eigenvalue weighted by Gasteiger charge is 1.98. The van der Waals surface area contributed by atoms with Crippen molar-refractivity contribution in [1.29, 1.82) is 0 Å². The molecule has 0 aromatic carbocycles. The summed E-state index contributed by atoms with van der Waals surface area (Å²) in [5.74, 6) is 0.648. The lowest BCUT2D eigenvalue weighted by atomic mass is 10.5. The first kappa shape index (κ1) is 8.01. The van der Waals surface area contributed by atoms with Gasteiger partial charge in [-0.3, -0.25) is 5.32 Å². The molecule has 1 heterocycles. The van der Waals surface area contributed by atoms with Gasteiger partial charge in [-0.05, 0) is 20.0 Å². The molecule has 0 amide bonds. The van der Waals surface area contributed by atoms with E-state index in [2.05, 4.69) is 10.3 Å². The maximum atomic E-state index is 5.34. The summed E-state index contributed by atoms with van der Waals surface area (Å²) in [6.07, 6.45) is 1.71. The number of rotatable bonds is 3. The third kappa shape index (κ3) is 2.55. The van der Waals surface area contributed by atoms with Crippen molar-refractivity contribution in [2.24, 2.45) is 0 Å². The molecule has 60 valence electrons. The summed E-state index contributed by atoms with van der Waals surface area (Å²) in [5.41, 5.74) is 0. The molecule has 0 bridgehead atoms. The van der Waals surface area contributed by atoms with Gasteiger partial charge in [0.1, 0.15) is 6.23 Å². The van der Waals surface area contributed by atoms with E-state index >= 15 is 0 Å². The van der Waals surface area contributed by atoms with Crippen molar-refractivity contribution < 1.29 is 4.74 Å². The number of hydrogen-bond donors (Lipinski definition) is 1. The Labute approximate surface area is 66.4 Å². The van der Waals surface area contributed by atoms with Crippen LogP contribution in [0.15, 0.2) is 24.4 Å². The Morgan fingerprint density at radius 2 is 2.36 bits per heavy atom. The van der Waals surface area contributed by atoms with Gasteiger partial charge in [-0.25, -0.2) is 4.98 Å². The number of nitrogens with one attached hydrogen (secondary N) is 1. The Balaban J connectivity index is 2.51. The van der Waals surface area contributed by atoms with Crippen LogP contribution in [0.25, 0.3) is 0 Å². The van der Waals surface area contributed by atoms with Crippen molar-refractivity contribution in [3.05, 3.63) is 24.4 Å². The van der Waals surface area contributed by atoms with Gasteiger partial charge < -0.3 is 4.74 Å². The fourth-order valence-electron chi connectivity index (χ4n) is 0.657. The summed E-state index contributed by atoms with van der Waals surface area (Å²) >= 11 is 0. The van der Waals surface area contributed by atoms with Gasteiger partial charge in [0, 0.05) is 12.3 Å². The van der Waals surface area contributed by atoms with Gasteiger partial charge in [-0.2, -0.15) is 0 Å². The van der Waals surface area contributed by atoms with Gasteiger partial charge in [0.05, 0.1) is 0 Å². The van der Waals surface area contributed by atoms with E-state index in [1.807, 2.05) is 32.2 Å². The van der Waals surface area contributed by atoms with Crippen LogP contribution in [0.2, 0.25) is 0 Å². The lowest BCUT2D eigenvalue weighted by Gasteiger charge is -2.11. The molecule has 1 aromatic rings. The second kappa shape index (κ2) is 3.93. The summed E-state index contributed by atoms with van der Waals surface area (Å²) in [7, 11) is 1.84. The Bertz CT molecular complexity index is 201. The van der Waals surface area contributed by atoms with Crippen LogP contribution in [-0.4, -0.2) is 18.3 Å². The molecule has 1 rings (SSSR count). The van der Waals surface area contributed by atoms with Crippen LogP contribution in [0.4, 0.5) is 0 Å². The van der Waals surface area contributed by atoms with Crippen molar-refractivity contribution in [2.45, 2.75) is 13.2 Å². The SMILES string of the molecule is CN[C@H](C)Oc1ccccn1. The topological polar surface area (TPSA) is 34.1 Å². The molecule has 0 saturated heterocycles. The highest BCUT2D eigenvalue weighted by molar-refractivity contribution is 5.09. The molecule has 3 nitrogen and oxygen atoms in total. The van der Waals surface area contributed by atoms with Crippen molar-refractivity contribution in [3.63, 3.8) is 0 Å². The van der Waals surface area contributed by atoms with Crippen LogP contribution in [0.3, 0.4) is 0 Å². The average molecular weight is 152 g/mol. The van der Waals surface area contributed by atoms with E-state index in [4.69, 9.17) is 4.74 Å². The van der Waals surface area contributed by atoms with Gasteiger partial charge >= 0.3 is 0 Å². The molecule has 0 aliphatic rings. The summed E-state index contributed by atoms with van der Waals surface area (Å²) in [4.78, 5) is 4.00. The zero-order valence-corrected chi connectivity index (χ0v) is 6.74. The van der Waals surface area contributed by atoms with Crippen molar-refractivity contribution in [2.75, 3.05) is 7.05 Å². The van der Waals surface area contributed by atoms with Crippen molar-refractivity contribution >= 4 is 0 Å². The summed E-state index contributed by atoms with van der Waals surface area (Å²) in [5, 5.41) is 2.95. The van der Waals surface area contributed by atoms with E-state index in [0.717, 1.165) is 0 Å². The van der Waals surface area contributed by atoms with Gasteiger partial charge in [-0.1, -0.05) is 6.07 Å². The maximum Gasteiger partial charge on any atom is 0.214 e. The molecule has 0 radical (unpaired) electrons. The highest BCUT2D eigenvalue weighted by atomic mass is 16.5. The van der Waals surface area contributed by atoms with Crippen LogP contribution < -0.4 is 10.1 Å². The van der Waals surface area contributed by atoms with E-state index in [1.54, 1.807) is 6.20 Å². The Morgan fingerprint density at radius 1 is 1.55 bits per heavy atom. The number of ether oxygens (including phenoxy) is 1. The Kier molecular flexibility index (Phi) is 2.86. The standard InChI is InChI=1S/C8H12N2O/c1-7(9-2)11-8-5-3-4-6-10-8/h3-7,9H,1-2H3/t7-/m0/s1. The van der Waals surface area contributed by atoms with Crippen molar-refractivity contribution in [3.8, 4) is 5.88 Å². The third-order valence-electron chi connectivity index (χ3n) is 1.34. The van der Waals surface area contributed by atoms with E-state index in [0.29, 0.717) is 5.88 Å². The zero-order valence-electron chi connectivity index (χ0n) is 6.74. The number of nitrogens with zero attached hydrogens (tertiary/aromatic N) is 1. The quantitative estimate of drug-likeness (QED) is 0.657. The van der Waals surface area contributed by atoms with E-state index in [-0.39, 0.29) is 6.23 Å². The molecular formula is C8H12N2O. The van der Waals surface area contributed by atoms with Crippen LogP contribution in [0, 0.1) is 0 Å². The molecule has 0 aliphatic carbocycles. The van der Waals surface area contributed by atoms with E-state index in [1.165, 1.54) is 0 Å². The minimum absolute atomic E-state index is 0.00454. The Hall–Kier alpha value is -1.09. The second-order valence-electron chi connectivity index (χ2n) is 2.22. The monoisotopic (exact) mass is 152 g/mol. The Morgan fingerprint density at radius 3 is 2.91 bits per heavy atom. The molecule has 0 aliphatic heterocycles. The fraction of sp³-hybridized carbons (Fsp3) is 0.375. The highest BCUT2D eigenvalue weighted by Crippen LogP contribution is 2.04.